The van der Waals surface area contributed by atoms with E-state index in [0.717, 1.165) is 11.4 Å². The molecule has 12 heavy (non-hydrogen) atoms. The zero-order chi connectivity index (χ0) is 8.97. The molecule has 0 aliphatic rings. The molecule has 0 radical (unpaired) electrons. The lowest BCUT2D eigenvalue weighted by atomic mass is 10.1. The number of halogens is 2. The molecule has 0 spiro atoms. The summed E-state index contributed by atoms with van der Waals surface area (Å²) in [5.74, 6) is 0. The van der Waals surface area contributed by atoms with Crippen molar-refractivity contribution in [3.05, 3.63) is 34.9 Å². The van der Waals surface area contributed by atoms with Crippen LogP contribution in [0.1, 0.15) is 30.2 Å². The Morgan fingerprint density at radius 3 is 2.67 bits per heavy atom. The highest BCUT2D eigenvalue weighted by molar-refractivity contribution is 9.09. The number of hydrogen-bond donors (Lipinski definition) is 0. The number of hydrogen-bond acceptors (Lipinski definition) is 0. The van der Waals surface area contributed by atoms with Gasteiger partial charge in [0, 0.05) is 9.85 Å². The van der Waals surface area contributed by atoms with Crippen molar-refractivity contribution >= 4 is 27.5 Å². The van der Waals surface area contributed by atoms with E-state index in [1.807, 2.05) is 18.2 Å². The first-order valence-electron chi connectivity index (χ1n) is 4.14. The first kappa shape index (κ1) is 10.1. The smallest absolute Gasteiger partial charge is 0.0449 e. The third-order valence-corrected chi connectivity index (χ3v) is 3.08. The molecule has 2 heteroatoms. The van der Waals surface area contributed by atoms with Gasteiger partial charge in [0.2, 0.25) is 0 Å². The van der Waals surface area contributed by atoms with Gasteiger partial charge in [0.15, 0.2) is 0 Å². The van der Waals surface area contributed by atoms with Gasteiger partial charge in [0.05, 0.1) is 0 Å². The van der Waals surface area contributed by atoms with Crippen LogP contribution in [0.4, 0.5) is 0 Å². The Morgan fingerprint density at radius 2 is 2.08 bits per heavy atom. The molecule has 1 aromatic rings. The van der Waals surface area contributed by atoms with Crippen molar-refractivity contribution in [3.8, 4) is 0 Å². The van der Waals surface area contributed by atoms with E-state index in [1.54, 1.807) is 0 Å². The van der Waals surface area contributed by atoms with E-state index >= 15 is 0 Å². The first-order chi connectivity index (χ1) is 5.75. The predicted molar refractivity (Wildman–Crippen MR) is 58.0 cm³/mol. The molecule has 0 aliphatic heterocycles. The van der Waals surface area contributed by atoms with E-state index in [9.17, 15) is 0 Å². The monoisotopic (exact) mass is 246 g/mol. The normalized spacial score (nSPS) is 12.9. The lowest BCUT2D eigenvalue weighted by Crippen LogP contribution is -1.89. The summed E-state index contributed by atoms with van der Waals surface area (Å²) in [5, 5.41) is 0.854. The van der Waals surface area contributed by atoms with Crippen molar-refractivity contribution in [2.45, 2.75) is 24.6 Å². The van der Waals surface area contributed by atoms with Crippen LogP contribution in [0.25, 0.3) is 0 Å². The fourth-order valence-electron chi connectivity index (χ4n) is 1.14. The van der Waals surface area contributed by atoms with Gasteiger partial charge in [-0.3, -0.25) is 0 Å². The second-order valence-electron chi connectivity index (χ2n) is 2.78. The summed E-state index contributed by atoms with van der Waals surface area (Å²) in [5.41, 5.74) is 1.20. The summed E-state index contributed by atoms with van der Waals surface area (Å²) in [6.07, 6.45) is 2.30. The highest BCUT2D eigenvalue weighted by atomic mass is 79.9. The minimum absolute atomic E-state index is 0.399. The molecule has 0 aromatic heterocycles. The van der Waals surface area contributed by atoms with Crippen molar-refractivity contribution in [3.63, 3.8) is 0 Å². The minimum atomic E-state index is 0.399. The molecule has 0 saturated heterocycles. The molecule has 0 amide bonds. The molecule has 0 nitrogen and oxygen atoms in total. The van der Waals surface area contributed by atoms with Crippen LogP contribution in [0.5, 0.6) is 0 Å². The van der Waals surface area contributed by atoms with Gasteiger partial charge in [-0.2, -0.15) is 0 Å². The molecule has 1 unspecified atom stereocenters. The van der Waals surface area contributed by atoms with E-state index < -0.39 is 0 Å². The Kier molecular flexibility index (Phi) is 4.10. The van der Waals surface area contributed by atoms with Crippen molar-refractivity contribution in [1.82, 2.24) is 0 Å². The zero-order valence-corrected chi connectivity index (χ0v) is 9.40. The molecule has 0 bridgehead atoms. The van der Waals surface area contributed by atoms with Gasteiger partial charge in [-0.05, 0) is 18.1 Å². The summed E-state index contributed by atoms with van der Waals surface area (Å²) in [6, 6.07) is 7.97. The fourth-order valence-corrected chi connectivity index (χ4v) is 2.39. The van der Waals surface area contributed by atoms with E-state index in [-0.39, 0.29) is 0 Å². The molecule has 0 saturated carbocycles. The van der Waals surface area contributed by atoms with E-state index in [2.05, 4.69) is 28.9 Å². The molecule has 0 heterocycles. The van der Waals surface area contributed by atoms with Gasteiger partial charge < -0.3 is 0 Å². The van der Waals surface area contributed by atoms with Gasteiger partial charge in [0.25, 0.3) is 0 Å². The third-order valence-electron chi connectivity index (χ3n) is 1.78. The number of alkyl halides is 1. The van der Waals surface area contributed by atoms with Crippen LogP contribution in [0.3, 0.4) is 0 Å². The predicted octanol–water partition coefficient (Wildman–Crippen LogP) is 4.58. The summed E-state index contributed by atoms with van der Waals surface area (Å²) in [4.78, 5) is 0.399. The average Bonchev–Trinajstić information content (AvgIpc) is 2.05. The lowest BCUT2D eigenvalue weighted by Gasteiger charge is -2.09. The zero-order valence-electron chi connectivity index (χ0n) is 7.06. The van der Waals surface area contributed by atoms with Gasteiger partial charge in [-0.1, -0.05) is 59.1 Å². The first-order valence-corrected chi connectivity index (χ1v) is 5.43. The highest BCUT2D eigenvalue weighted by Gasteiger charge is 2.08. The Balaban J connectivity index is 2.79. The van der Waals surface area contributed by atoms with Crippen molar-refractivity contribution in [2.24, 2.45) is 0 Å². The Bertz CT molecular complexity index is 247. The third kappa shape index (κ3) is 2.49. The molecule has 1 aromatic carbocycles. The quantitative estimate of drug-likeness (QED) is 0.686. The molecule has 66 valence electrons. The Hall–Kier alpha value is -0.0100. The standard InChI is InChI=1S/C10H12BrCl/c1-2-5-9(11)8-6-3-4-7-10(8)12/h3-4,6-7,9H,2,5H2,1H3. The maximum absolute atomic E-state index is 6.02. The SMILES string of the molecule is CCCC(Br)c1ccccc1Cl. The van der Waals surface area contributed by atoms with E-state index in [1.165, 1.54) is 12.0 Å². The van der Waals surface area contributed by atoms with Crippen LogP contribution in [-0.2, 0) is 0 Å². The summed E-state index contributed by atoms with van der Waals surface area (Å²) >= 11 is 9.64. The van der Waals surface area contributed by atoms with Gasteiger partial charge in [-0.15, -0.1) is 0 Å². The van der Waals surface area contributed by atoms with Crippen LogP contribution in [0.15, 0.2) is 24.3 Å². The topological polar surface area (TPSA) is 0 Å². The van der Waals surface area contributed by atoms with Gasteiger partial charge in [0.1, 0.15) is 0 Å². The average molecular weight is 248 g/mol. The van der Waals surface area contributed by atoms with Crippen molar-refractivity contribution in [1.29, 1.82) is 0 Å². The molecule has 0 fully saturated rings. The number of rotatable bonds is 3. The molecule has 0 aliphatic carbocycles. The Morgan fingerprint density at radius 1 is 1.42 bits per heavy atom. The maximum Gasteiger partial charge on any atom is 0.0449 e. The molecular formula is C10H12BrCl. The maximum atomic E-state index is 6.02. The molecule has 0 N–H and O–H groups in total. The largest absolute Gasteiger partial charge is 0.0840 e. The number of benzene rings is 1. The summed E-state index contributed by atoms with van der Waals surface area (Å²) < 4.78 is 0. The minimum Gasteiger partial charge on any atom is -0.0840 e. The van der Waals surface area contributed by atoms with Crippen LogP contribution in [0, 0.1) is 0 Å². The van der Waals surface area contributed by atoms with Crippen LogP contribution in [-0.4, -0.2) is 0 Å². The molecule has 1 rings (SSSR count). The summed E-state index contributed by atoms with van der Waals surface area (Å²) in [6.45, 7) is 2.17. The van der Waals surface area contributed by atoms with E-state index in [0.29, 0.717) is 4.83 Å². The van der Waals surface area contributed by atoms with Crippen molar-refractivity contribution in [2.75, 3.05) is 0 Å². The van der Waals surface area contributed by atoms with Crippen LogP contribution >= 0.6 is 27.5 Å². The molecule has 1 atom stereocenters. The van der Waals surface area contributed by atoms with Gasteiger partial charge >= 0.3 is 0 Å². The summed E-state index contributed by atoms with van der Waals surface area (Å²) in [7, 11) is 0. The second kappa shape index (κ2) is 4.88. The van der Waals surface area contributed by atoms with Crippen LogP contribution < -0.4 is 0 Å². The molecular weight excluding hydrogens is 235 g/mol. The highest BCUT2D eigenvalue weighted by Crippen LogP contribution is 2.32. The van der Waals surface area contributed by atoms with Crippen LogP contribution in [0.2, 0.25) is 5.02 Å². The van der Waals surface area contributed by atoms with E-state index in [4.69, 9.17) is 11.6 Å². The van der Waals surface area contributed by atoms with Crippen molar-refractivity contribution < 1.29 is 0 Å². The fraction of sp³-hybridized carbons (Fsp3) is 0.400. The lowest BCUT2D eigenvalue weighted by molar-refractivity contribution is 0.788. The second-order valence-corrected chi connectivity index (χ2v) is 4.29. The van der Waals surface area contributed by atoms with Gasteiger partial charge in [-0.25, -0.2) is 0 Å². The Labute approximate surface area is 87.1 Å².